The average Bonchev–Trinajstić information content (AvgIpc) is 2.91. The number of allylic oxidation sites excluding steroid dienone is 2. The van der Waals surface area contributed by atoms with Gasteiger partial charge in [-0.1, -0.05) is 11.6 Å². The van der Waals surface area contributed by atoms with Crippen LogP contribution in [-0.4, -0.2) is 110 Å². The van der Waals surface area contributed by atoms with Gasteiger partial charge in [0.2, 0.25) is 6.29 Å². The summed E-state index contributed by atoms with van der Waals surface area (Å²) in [5.41, 5.74) is 1.22. The van der Waals surface area contributed by atoms with E-state index in [1.807, 2.05) is 19.9 Å². The zero-order valence-electron chi connectivity index (χ0n) is 21.4. The lowest BCUT2D eigenvalue weighted by Gasteiger charge is -2.42. The summed E-state index contributed by atoms with van der Waals surface area (Å²) >= 11 is 0. The monoisotopic (exact) mass is 554 g/mol. The van der Waals surface area contributed by atoms with Crippen LogP contribution in [0.1, 0.15) is 19.4 Å². The third-order valence-electron chi connectivity index (χ3n) is 6.75. The maximum atomic E-state index is 11.9. The Kier molecular flexibility index (Phi) is 9.39. The molecule has 2 aliphatic rings. The first-order valence-corrected chi connectivity index (χ1v) is 12.5. The zero-order valence-corrected chi connectivity index (χ0v) is 21.4. The summed E-state index contributed by atoms with van der Waals surface area (Å²) < 4.78 is 27.8. The van der Waals surface area contributed by atoms with Crippen LogP contribution in [0.5, 0.6) is 5.75 Å². The number of fused-ring (bicyclic) bond motifs is 1. The maximum absolute atomic E-state index is 11.9. The van der Waals surface area contributed by atoms with Crippen LogP contribution in [-0.2, 0) is 20.6 Å². The normalized spacial score (nSPS) is 35.1. The molecule has 2 aliphatic heterocycles. The van der Waals surface area contributed by atoms with Crippen LogP contribution in [0.25, 0.3) is 11.0 Å². The van der Waals surface area contributed by atoms with Gasteiger partial charge in [-0.25, -0.2) is 4.79 Å². The zero-order chi connectivity index (χ0) is 28.4. The van der Waals surface area contributed by atoms with Crippen molar-refractivity contribution in [2.24, 2.45) is 0 Å². The first kappa shape index (κ1) is 29.6. The first-order chi connectivity index (χ1) is 18.5. The number of aliphatic hydroxyl groups is 7. The Balaban J connectivity index is 1.54. The van der Waals surface area contributed by atoms with Gasteiger partial charge in [0, 0.05) is 17.0 Å². The fraction of sp³-hybridized carbons (Fsp3) is 0.577. The summed E-state index contributed by atoms with van der Waals surface area (Å²) in [4.78, 5) is 11.9. The molecule has 216 valence electrons. The van der Waals surface area contributed by atoms with E-state index in [2.05, 4.69) is 0 Å². The summed E-state index contributed by atoms with van der Waals surface area (Å²) in [6.45, 7) is 2.64. The average molecular weight is 555 g/mol. The van der Waals surface area contributed by atoms with E-state index in [9.17, 15) is 40.5 Å². The molecule has 2 fully saturated rings. The van der Waals surface area contributed by atoms with Gasteiger partial charge in [-0.15, -0.1) is 0 Å². The molecule has 13 nitrogen and oxygen atoms in total. The minimum Gasteiger partial charge on any atom is -0.462 e. The summed E-state index contributed by atoms with van der Waals surface area (Å²) in [6.07, 6.45) is -13.3. The Morgan fingerprint density at radius 1 is 0.846 bits per heavy atom. The molecule has 2 aromatic rings. The molecular formula is C26H34O13. The summed E-state index contributed by atoms with van der Waals surface area (Å²) in [5.74, 6) is 0.204. The van der Waals surface area contributed by atoms with Crippen LogP contribution >= 0.6 is 0 Å². The number of benzene rings is 1. The van der Waals surface area contributed by atoms with Crippen molar-refractivity contribution >= 4 is 11.0 Å². The lowest BCUT2D eigenvalue weighted by molar-refractivity contribution is -0.323. The topological polar surface area (TPSA) is 209 Å². The van der Waals surface area contributed by atoms with Crippen LogP contribution in [0.3, 0.4) is 0 Å². The number of rotatable bonds is 8. The molecule has 0 amide bonds. The van der Waals surface area contributed by atoms with Gasteiger partial charge in [-0.3, -0.25) is 0 Å². The molecule has 0 aliphatic carbocycles. The van der Waals surface area contributed by atoms with Crippen molar-refractivity contribution < 1.29 is 59.1 Å². The van der Waals surface area contributed by atoms with Crippen molar-refractivity contribution in [2.75, 3.05) is 13.2 Å². The highest BCUT2D eigenvalue weighted by atomic mass is 16.7. The molecule has 0 unspecified atom stereocenters. The van der Waals surface area contributed by atoms with Crippen LogP contribution in [0.15, 0.2) is 45.1 Å². The van der Waals surface area contributed by atoms with E-state index in [-0.39, 0.29) is 11.3 Å². The fourth-order valence-electron chi connectivity index (χ4n) is 4.45. The van der Waals surface area contributed by atoms with Gasteiger partial charge in [-0.2, -0.15) is 0 Å². The highest BCUT2D eigenvalue weighted by Crippen LogP contribution is 2.32. The molecule has 39 heavy (non-hydrogen) atoms. The third kappa shape index (κ3) is 6.33. The largest absolute Gasteiger partial charge is 0.462 e. The van der Waals surface area contributed by atoms with E-state index in [0.717, 1.165) is 5.57 Å². The number of ether oxygens (including phenoxy) is 4. The lowest BCUT2D eigenvalue weighted by Crippen LogP contribution is -2.62. The molecule has 0 saturated carbocycles. The Morgan fingerprint density at radius 3 is 2.13 bits per heavy atom. The van der Waals surface area contributed by atoms with Crippen LogP contribution in [0.2, 0.25) is 0 Å². The van der Waals surface area contributed by atoms with E-state index in [1.54, 1.807) is 18.2 Å². The van der Waals surface area contributed by atoms with Gasteiger partial charge < -0.3 is 59.1 Å². The number of hydrogen-bond acceptors (Lipinski definition) is 13. The molecule has 10 atom stereocenters. The molecule has 2 saturated heterocycles. The van der Waals surface area contributed by atoms with Crippen LogP contribution in [0.4, 0.5) is 0 Å². The Labute approximate surface area is 223 Å². The Bertz CT molecular complexity index is 1210. The number of aliphatic hydroxyl groups excluding tert-OH is 7. The van der Waals surface area contributed by atoms with Gasteiger partial charge in [0.1, 0.15) is 60.2 Å². The second kappa shape index (κ2) is 12.4. The maximum Gasteiger partial charge on any atom is 0.336 e. The minimum atomic E-state index is -1.72. The van der Waals surface area contributed by atoms with Crippen molar-refractivity contribution in [3.05, 3.63) is 51.9 Å². The first-order valence-electron chi connectivity index (χ1n) is 12.5. The summed E-state index contributed by atoms with van der Waals surface area (Å²) in [6, 6.07) is 6.15. The highest BCUT2D eigenvalue weighted by molar-refractivity contribution is 5.82. The minimum absolute atomic E-state index is 0.204. The summed E-state index contributed by atoms with van der Waals surface area (Å²) in [5, 5.41) is 71.7. The molecule has 0 spiro atoms. The van der Waals surface area contributed by atoms with Crippen LogP contribution in [0, 0.1) is 0 Å². The quantitative estimate of drug-likeness (QED) is 0.144. The van der Waals surface area contributed by atoms with Crippen molar-refractivity contribution in [3.8, 4) is 5.75 Å². The molecule has 13 heteroatoms. The predicted octanol–water partition coefficient (Wildman–Crippen LogP) is -1.70. The Hall–Kier alpha value is -2.43. The third-order valence-corrected chi connectivity index (χ3v) is 6.75. The molecule has 3 heterocycles. The van der Waals surface area contributed by atoms with E-state index in [4.69, 9.17) is 23.4 Å². The SMILES string of the molecule is CC(C)=CCc1c(O[C@@H]2O[C@H](CO[C@@H]3O[C@H](CO)[C@@H](O)[C@H](O)[C@H]3O)[C@@H](O)[C@H](O)[C@H]2O)ccc2ccc(=O)oc12. The van der Waals surface area contributed by atoms with E-state index in [0.29, 0.717) is 17.4 Å². The lowest BCUT2D eigenvalue weighted by atomic mass is 9.98. The van der Waals surface area contributed by atoms with Crippen molar-refractivity contribution in [3.63, 3.8) is 0 Å². The summed E-state index contributed by atoms with van der Waals surface area (Å²) in [7, 11) is 0. The van der Waals surface area contributed by atoms with Gasteiger partial charge >= 0.3 is 5.63 Å². The van der Waals surface area contributed by atoms with Crippen molar-refractivity contribution in [2.45, 2.75) is 81.7 Å². The molecule has 4 rings (SSSR count). The van der Waals surface area contributed by atoms with E-state index in [1.165, 1.54) is 6.07 Å². The molecular weight excluding hydrogens is 520 g/mol. The van der Waals surface area contributed by atoms with Crippen molar-refractivity contribution in [1.29, 1.82) is 0 Å². The molecule has 1 aromatic heterocycles. The number of hydrogen-bond donors (Lipinski definition) is 7. The molecule has 0 bridgehead atoms. The smallest absolute Gasteiger partial charge is 0.336 e. The molecule has 0 radical (unpaired) electrons. The van der Waals surface area contributed by atoms with Gasteiger partial charge in [0.25, 0.3) is 0 Å². The molecule has 7 N–H and O–H groups in total. The fourth-order valence-corrected chi connectivity index (χ4v) is 4.45. The van der Waals surface area contributed by atoms with Crippen molar-refractivity contribution in [1.82, 2.24) is 0 Å². The second-order valence-electron chi connectivity index (χ2n) is 9.86. The standard InChI is InChI=1S/C26H34O13/c1-11(2)3-6-13-14(7-4-12-5-8-17(28)39-24(12)13)36-26-23(34)21(32)19(30)16(38-26)10-35-25-22(33)20(31)18(29)15(9-27)37-25/h3-5,7-8,15-16,18-23,25-27,29-34H,6,9-10H2,1-2H3/t15-,16-,18-,19-,20+,21+,22-,23-,25-,26-/m1/s1. The van der Waals surface area contributed by atoms with Gasteiger partial charge in [0.05, 0.1) is 13.2 Å². The van der Waals surface area contributed by atoms with Gasteiger partial charge in [0.15, 0.2) is 6.29 Å². The Morgan fingerprint density at radius 2 is 1.46 bits per heavy atom. The predicted molar refractivity (Wildman–Crippen MR) is 133 cm³/mol. The molecule has 1 aromatic carbocycles. The van der Waals surface area contributed by atoms with Gasteiger partial charge in [-0.05, 0) is 38.5 Å². The van der Waals surface area contributed by atoms with Crippen LogP contribution < -0.4 is 10.4 Å². The highest BCUT2D eigenvalue weighted by Gasteiger charge is 2.48. The van der Waals surface area contributed by atoms with E-state index >= 15 is 0 Å². The van der Waals surface area contributed by atoms with E-state index < -0.39 is 80.3 Å². The second-order valence-corrected chi connectivity index (χ2v) is 9.86.